The van der Waals surface area contributed by atoms with Crippen molar-refractivity contribution in [1.82, 2.24) is 20.2 Å². The first-order valence-corrected chi connectivity index (χ1v) is 9.69. The van der Waals surface area contributed by atoms with Gasteiger partial charge in [0, 0.05) is 56.0 Å². The first-order chi connectivity index (χ1) is 13.2. The Morgan fingerprint density at radius 2 is 2.33 bits per heavy atom. The van der Waals surface area contributed by atoms with E-state index in [1.165, 1.54) is 11.3 Å². The molecule has 2 aliphatic rings. The standard InChI is InChI=1S/C21H26N4O2/c1-27-18-6-2-4-15(10-18)11-20(26)25-9-3-5-16(14-25)21-23-13-17-12-22-8-7-19(17)24-21/h2,4,6,10,13,16,22H,3,5,7-9,11-12,14H2,1H3. The second-order valence-corrected chi connectivity index (χ2v) is 7.33. The fraction of sp³-hybridized carbons (Fsp3) is 0.476. The summed E-state index contributed by atoms with van der Waals surface area (Å²) in [5, 5.41) is 3.35. The van der Waals surface area contributed by atoms with Crippen LogP contribution >= 0.6 is 0 Å². The second-order valence-electron chi connectivity index (χ2n) is 7.33. The van der Waals surface area contributed by atoms with Gasteiger partial charge in [-0.15, -0.1) is 0 Å². The van der Waals surface area contributed by atoms with Crippen LogP contribution in [0.25, 0.3) is 0 Å². The molecule has 142 valence electrons. The van der Waals surface area contributed by atoms with E-state index in [1.54, 1.807) is 7.11 Å². The summed E-state index contributed by atoms with van der Waals surface area (Å²) in [6.45, 7) is 3.35. The molecule has 0 radical (unpaired) electrons. The Bertz CT molecular complexity index is 824. The van der Waals surface area contributed by atoms with Gasteiger partial charge in [-0.25, -0.2) is 9.97 Å². The summed E-state index contributed by atoms with van der Waals surface area (Å²) in [6.07, 6.45) is 5.36. The zero-order chi connectivity index (χ0) is 18.6. The van der Waals surface area contributed by atoms with Crippen molar-refractivity contribution in [2.75, 3.05) is 26.7 Å². The van der Waals surface area contributed by atoms with Crippen LogP contribution < -0.4 is 10.1 Å². The number of carbonyl (C=O) groups is 1. The highest BCUT2D eigenvalue weighted by Crippen LogP contribution is 2.26. The number of fused-ring (bicyclic) bond motifs is 1. The van der Waals surface area contributed by atoms with Crippen molar-refractivity contribution in [2.24, 2.45) is 0 Å². The van der Waals surface area contributed by atoms with Gasteiger partial charge in [0.05, 0.1) is 13.5 Å². The second kappa shape index (κ2) is 8.05. The van der Waals surface area contributed by atoms with Crippen LogP contribution in [0, 0.1) is 0 Å². The number of rotatable bonds is 4. The number of benzene rings is 1. The van der Waals surface area contributed by atoms with Gasteiger partial charge in [0.2, 0.25) is 5.91 Å². The highest BCUT2D eigenvalue weighted by molar-refractivity contribution is 5.79. The fourth-order valence-electron chi connectivity index (χ4n) is 3.93. The number of piperidine rings is 1. The largest absolute Gasteiger partial charge is 0.497 e. The molecule has 0 bridgehead atoms. The molecule has 4 rings (SSSR count). The van der Waals surface area contributed by atoms with Gasteiger partial charge in [0.15, 0.2) is 0 Å². The van der Waals surface area contributed by atoms with E-state index in [9.17, 15) is 4.79 Å². The fourth-order valence-corrected chi connectivity index (χ4v) is 3.93. The normalized spacial score (nSPS) is 19.4. The van der Waals surface area contributed by atoms with Crippen LogP contribution in [0.1, 0.15) is 41.4 Å². The number of aromatic nitrogens is 2. The molecular weight excluding hydrogens is 340 g/mol. The van der Waals surface area contributed by atoms with E-state index in [-0.39, 0.29) is 11.8 Å². The first kappa shape index (κ1) is 17.9. The van der Waals surface area contributed by atoms with Crippen LogP contribution in [-0.4, -0.2) is 47.5 Å². The lowest BCUT2D eigenvalue weighted by Crippen LogP contribution is -2.40. The topological polar surface area (TPSA) is 67.3 Å². The average Bonchev–Trinajstić information content (AvgIpc) is 2.73. The third-order valence-electron chi connectivity index (χ3n) is 5.46. The van der Waals surface area contributed by atoms with E-state index in [4.69, 9.17) is 9.72 Å². The Hall–Kier alpha value is -2.47. The Morgan fingerprint density at radius 1 is 1.41 bits per heavy atom. The number of nitrogens with one attached hydrogen (secondary N) is 1. The van der Waals surface area contributed by atoms with Crippen molar-refractivity contribution in [3.63, 3.8) is 0 Å². The quantitative estimate of drug-likeness (QED) is 0.897. The molecular formula is C21H26N4O2. The van der Waals surface area contributed by atoms with E-state index < -0.39 is 0 Å². The molecule has 1 atom stereocenters. The number of hydrogen-bond donors (Lipinski definition) is 1. The van der Waals surface area contributed by atoms with Gasteiger partial charge in [-0.2, -0.15) is 0 Å². The molecule has 0 saturated carbocycles. The minimum Gasteiger partial charge on any atom is -0.497 e. The molecule has 1 amide bonds. The van der Waals surface area contributed by atoms with Crippen LogP contribution in [0.15, 0.2) is 30.5 Å². The molecule has 1 aromatic heterocycles. The van der Waals surface area contributed by atoms with Crippen molar-refractivity contribution >= 4 is 5.91 Å². The number of ether oxygens (including phenoxy) is 1. The summed E-state index contributed by atoms with van der Waals surface area (Å²) >= 11 is 0. The lowest BCUT2D eigenvalue weighted by Gasteiger charge is -2.32. The van der Waals surface area contributed by atoms with Gasteiger partial charge in [0.1, 0.15) is 11.6 Å². The maximum atomic E-state index is 12.8. The van der Waals surface area contributed by atoms with Gasteiger partial charge in [0.25, 0.3) is 0 Å². The van der Waals surface area contributed by atoms with Crippen LogP contribution in [0.4, 0.5) is 0 Å². The lowest BCUT2D eigenvalue weighted by molar-refractivity contribution is -0.131. The zero-order valence-electron chi connectivity index (χ0n) is 15.8. The maximum absolute atomic E-state index is 12.8. The van der Waals surface area contributed by atoms with Crippen LogP contribution in [0.2, 0.25) is 0 Å². The Kier molecular flexibility index (Phi) is 5.34. The Labute approximate surface area is 160 Å². The SMILES string of the molecule is COc1cccc(CC(=O)N2CCCC(c3ncc4c(n3)CCNC4)C2)c1. The smallest absolute Gasteiger partial charge is 0.227 e. The van der Waals surface area contributed by atoms with Crippen molar-refractivity contribution in [3.05, 3.63) is 53.1 Å². The van der Waals surface area contributed by atoms with Crippen LogP contribution in [-0.2, 0) is 24.2 Å². The first-order valence-electron chi connectivity index (χ1n) is 9.69. The van der Waals surface area contributed by atoms with Gasteiger partial charge in [-0.1, -0.05) is 12.1 Å². The van der Waals surface area contributed by atoms with Crippen LogP contribution in [0.3, 0.4) is 0 Å². The molecule has 1 saturated heterocycles. The summed E-state index contributed by atoms with van der Waals surface area (Å²) in [6, 6.07) is 7.73. The molecule has 1 unspecified atom stereocenters. The van der Waals surface area contributed by atoms with Gasteiger partial charge in [-0.3, -0.25) is 4.79 Å². The van der Waals surface area contributed by atoms with Crippen molar-refractivity contribution in [2.45, 2.75) is 38.1 Å². The van der Waals surface area contributed by atoms with Crippen LogP contribution in [0.5, 0.6) is 5.75 Å². The Balaban J connectivity index is 1.43. The van der Waals surface area contributed by atoms with Crippen molar-refractivity contribution in [1.29, 1.82) is 0 Å². The molecule has 0 aliphatic carbocycles. The highest BCUT2D eigenvalue weighted by Gasteiger charge is 2.27. The molecule has 6 heteroatoms. The predicted octanol–water partition coefficient (Wildman–Crippen LogP) is 2.08. The molecule has 1 N–H and O–H groups in total. The average molecular weight is 366 g/mol. The number of likely N-dealkylation sites (tertiary alicyclic amines) is 1. The van der Waals surface area contributed by atoms with Crippen molar-refractivity contribution < 1.29 is 9.53 Å². The molecule has 1 aromatic carbocycles. The van der Waals surface area contributed by atoms with E-state index in [0.717, 1.165) is 56.0 Å². The molecule has 2 aromatic rings. The summed E-state index contributed by atoms with van der Waals surface area (Å²) in [5.41, 5.74) is 3.35. The highest BCUT2D eigenvalue weighted by atomic mass is 16.5. The number of methoxy groups -OCH3 is 1. The molecule has 3 heterocycles. The molecule has 6 nitrogen and oxygen atoms in total. The number of amides is 1. The lowest BCUT2D eigenvalue weighted by atomic mass is 9.96. The zero-order valence-corrected chi connectivity index (χ0v) is 15.8. The van der Waals surface area contributed by atoms with E-state index in [0.29, 0.717) is 13.0 Å². The minimum absolute atomic E-state index is 0.162. The van der Waals surface area contributed by atoms with Crippen molar-refractivity contribution in [3.8, 4) is 5.75 Å². The van der Waals surface area contributed by atoms with E-state index in [1.807, 2.05) is 35.4 Å². The maximum Gasteiger partial charge on any atom is 0.227 e. The van der Waals surface area contributed by atoms with Gasteiger partial charge >= 0.3 is 0 Å². The number of carbonyl (C=O) groups excluding carboxylic acids is 1. The van der Waals surface area contributed by atoms with E-state index >= 15 is 0 Å². The number of hydrogen-bond acceptors (Lipinski definition) is 5. The summed E-state index contributed by atoms with van der Waals surface area (Å²) in [4.78, 5) is 24.2. The van der Waals surface area contributed by atoms with Gasteiger partial charge in [-0.05, 0) is 30.5 Å². The third-order valence-corrected chi connectivity index (χ3v) is 5.46. The predicted molar refractivity (Wildman–Crippen MR) is 103 cm³/mol. The summed E-state index contributed by atoms with van der Waals surface area (Å²) in [7, 11) is 1.64. The molecule has 0 spiro atoms. The molecule has 1 fully saturated rings. The summed E-state index contributed by atoms with van der Waals surface area (Å²) < 4.78 is 5.26. The monoisotopic (exact) mass is 366 g/mol. The van der Waals surface area contributed by atoms with Gasteiger partial charge < -0.3 is 15.0 Å². The Morgan fingerprint density at radius 3 is 3.22 bits per heavy atom. The molecule has 2 aliphatic heterocycles. The van der Waals surface area contributed by atoms with E-state index in [2.05, 4.69) is 10.3 Å². The third kappa shape index (κ3) is 4.11. The minimum atomic E-state index is 0.162. The summed E-state index contributed by atoms with van der Waals surface area (Å²) in [5.74, 6) is 2.08. The molecule has 27 heavy (non-hydrogen) atoms. The number of nitrogens with zero attached hydrogens (tertiary/aromatic N) is 3.